The quantitative estimate of drug-likeness (QED) is 0.719. The van der Waals surface area contributed by atoms with Crippen molar-refractivity contribution in [2.24, 2.45) is 5.73 Å². The van der Waals surface area contributed by atoms with Crippen molar-refractivity contribution in [1.29, 1.82) is 10.7 Å². The summed E-state index contributed by atoms with van der Waals surface area (Å²) in [5.74, 6) is -0.691. The maximum absolute atomic E-state index is 11.7. The highest BCUT2D eigenvalue weighted by Gasteiger charge is 2.35. The summed E-state index contributed by atoms with van der Waals surface area (Å²) in [4.78, 5) is 12.9. The molecule has 0 spiro atoms. The summed E-state index contributed by atoms with van der Waals surface area (Å²) in [5, 5.41) is 16.5. The van der Waals surface area contributed by atoms with Crippen LogP contribution in [0.1, 0.15) is 0 Å². The number of amidine groups is 1. The van der Waals surface area contributed by atoms with E-state index in [4.69, 9.17) is 16.4 Å². The summed E-state index contributed by atoms with van der Waals surface area (Å²) in [7, 11) is 0. The fraction of sp³-hybridized carbons (Fsp3) is 0. The first-order valence-corrected chi connectivity index (χ1v) is 4.55. The van der Waals surface area contributed by atoms with E-state index in [1.54, 1.807) is 36.4 Å². The molecule has 0 radical (unpaired) electrons. The molecule has 5 heteroatoms. The second-order valence-corrected chi connectivity index (χ2v) is 3.23. The Morgan fingerprint density at radius 1 is 1.31 bits per heavy atom. The van der Waals surface area contributed by atoms with Gasteiger partial charge in [0.1, 0.15) is 17.3 Å². The highest BCUT2D eigenvalue weighted by molar-refractivity contribution is 6.34. The number of amides is 1. The number of rotatable bonds is 1. The molecule has 5 nitrogen and oxygen atoms in total. The van der Waals surface area contributed by atoms with E-state index in [9.17, 15) is 4.79 Å². The Kier molecular flexibility index (Phi) is 2.18. The molecule has 1 aliphatic rings. The minimum atomic E-state index is -0.521. The van der Waals surface area contributed by atoms with Crippen LogP contribution in [0.2, 0.25) is 0 Å². The molecule has 0 unspecified atom stereocenters. The van der Waals surface area contributed by atoms with Crippen molar-refractivity contribution >= 4 is 17.4 Å². The molecule has 2 rings (SSSR count). The van der Waals surface area contributed by atoms with E-state index in [2.05, 4.69) is 0 Å². The maximum atomic E-state index is 11.7. The molecule has 1 heterocycles. The lowest BCUT2D eigenvalue weighted by Crippen LogP contribution is -2.32. The Bertz CT molecular complexity index is 539. The zero-order valence-electron chi connectivity index (χ0n) is 8.27. The molecule has 0 fully saturated rings. The minimum absolute atomic E-state index is 0.0751. The lowest BCUT2D eigenvalue weighted by Gasteiger charge is -2.15. The van der Waals surface area contributed by atoms with Crippen molar-refractivity contribution in [2.45, 2.75) is 0 Å². The van der Waals surface area contributed by atoms with Crippen molar-refractivity contribution in [3.8, 4) is 6.07 Å². The number of anilines is 1. The highest BCUT2D eigenvalue weighted by Crippen LogP contribution is 2.24. The number of benzene rings is 1. The van der Waals surface area contributed by atoms with Crippen LogP contribution < -0.4 is 10.6 Å². The van der Waals surface area contributed by atoms with Crippen molar-refractivity contribution < 1.29 is 4.79 Å². The number of carbonyl (C=O) groups is 1. The van der Waals surface area contributed by atoms with Gasteiger partial charge in [0.2, 0.25) is 0 Å². The monoisotopic (exact) mass is 212 g/mol. The summed E-state index contributed by atoms with van der Waals surface area (Å²) in [6.45, 7) is 0. The first-order chi connectivity index (χ1) is 7.66. The Morgan fingerprint density at radius 3 is 2.44 bits per heavy atom. The van der Waals surface area contributed by atoms with Gasteiger partial charge in [-0.05, 0) is 12.1 Å². The van der Waals surface area contributed by atoms with E-state index in [1.165, 1.54) is 0 Å². The van der Waals surface area contributed by atoms with E-state index in [-0.39, 0.29) is 17.1 Å². The fourth-order valence-corrected chi connectivity index (χ4v) is 1.50. The van der Waals surface area contributed by atoms with Crippen LogP contribution in [0.15, 0.2) is 41.6 Å². The van der Waals surface area contributed by atoms with Gasteiger partial charge in [0.25, 0.3) is 5.91 Å². The van der Waals surface area contributed by atoms with Crippen LogP contribution in [-0.2, 0) is 4.79 Å². The van der Waals surface area contributed by atoms with Gasteiger partial charge in [0.15, 0.2) is 5.84 Å². The zero-order valence-corrected chi connectivity index (χ0v) is 8.27. The normalized spacial score (nSPS) is 15.6. The zero-order chi connectivity index (χ0) is 11.7. The summed E-state index contributed by atoms with van der Waals surface area (Å²) < 4.78 is 0. The minimum Gasteiger partial charge on any atom is -0.393 e. The summed E-state index contributed by atoms with van der Waals surface area (Å²) >= 11 is 0. The average molecular weight is 212 g/mol. The van der Waals surface area contributed by atoms with Crippen molar-refractivity contribution in [1.82, 2.24) is 0 Å². The van der Waals surface area contributed by atoms with Gasteiger partial charge in [-0.1, -0.05) is 18.2 Å². The molecule has 1 aliphatic heterocycles. The number of carbonyl (C=O) groups excluding carboxylic acids is 1. The summed E-state index contributed by atoms with van der Waals surface area (Å²) in [5.41, 5.74) is 5.76. The molecule has 0 bridgehead atoms. The predicted octanol–water partition coefficient (Wildman–Crippen LogP) is 0.747. The van der Waals surface area contributed by atoms with Crippen molar-refractivity contribution in [2.75, 3.05) is 4.90 Å². The number of nitriles is 1. The third-order valence-corrected chi connectivity index (χ3v) is 2.29. The standard InChI is InChI=1S/C11H8N4O/c12-6-8-9(13)11(16)15(10(8)14)7-4-2-1-3-5-7/h1-5,14H,13H2. The van der Waals surface area contributed by atoms with E-state index in [0.29, 0.717) is 5.69 Å². The van der Waals surface area contributed by atoms with Crippen molar-refractivity contribution in [3.05, 3.63) is 41.6 Å². The molecule has 0 atom stereocenters. The highest BCUT2D eigenvalue weighted by atomic mass is 16.2. The van der Waals surface area contributed by atoms with Gasteiger partial charge >= 0.3 is 0 Å². The number of para-hydroxylation sites is 1. The number of hydrogen-bond acceptors (Lipinski definition) is 4. The van der Waals surface area contributed by atoms with Crippen LogP contribution in [0, 0.1) is 16.7 Å². The van der Waals surface area contributed by atoms with Gasteiger partial charge in [-0.3, -0.25) is 15.1 Å². The fourth-order valence-electron chi connectivity index (χ4n) is 1.50. The summed E-state index contributed by atoms with van der Waals surface area (Å²) in [6, 6.07) is 10.4. The molecule has 1 amide bonds. The first-order valence-electron chi connectivity index (χ1n) is 4.55. The van der Waals surface area contributed by atoms with Crippen LogP contribution in [0.5, 0.6) is 0 Å². The predicted molar refractivity (Wildman–Crippen MR) is 58.5 cm³/mol. The molecular formula is C11H8N4O. The van der Waals surface area contributed by atoms with Gasteiger partial charge in [-0.15, -0.1) is 0 Å². The Hall–Kier alpha value is -2.61. The van der Waals surface area contributed by atoms with E-state index in [0.717, 1.165) is 4.90 Å². The second-order valence-electron chi connectivity index (χ2n) is 3.23. The third kappa shape index (κ3) is 1.25. The first kappa shape index (κ1) is 9.93. The topological polar surface area (TPSA) is 94.0 Å². The molecule has 0 aromatic heterocycles. The Labute approximate surface area is 91.9 Å². The van der Waals surface area contributed by atoms with Gasteiger partial charge in [0, 0.05) is 0 Å². The molecule has 1 aromatic rings. The van der Waals surface area contributed by atoms with Gasteiger partial charge in [0.05, 0.1) is 5.69 Å². The van der Waals surface area contributed by atoms with Gasteiger partial charge < -0.3 is 5.73 Å². The van der Waals surface area contributed by atoms with Crippen LogP contribution >= 0.6 is 0 Å². The number of nitrogens with zero attached hydrogens (tertiary/aromatic N) is 2. The van der Waals surface area contributed by atoms with Crippen LogP contribution in [0.4, 0.5) is 5.69 Å². The molecule has 1 aromatic carbocycles. The largest absolute Gasteiger partial charge is 0.393 e. The van der Waals surface area contributed by atoms with Gasteiger partial charge in [-0.2, -0.15) is 5.26 Å². The molecular weight excluding hydrogens is 204 g/mol. The second kappa shape index (κ2) is 3.51. The third-order valence-electron chi connectivity index (χ3n) is 2.29. The van der Waals surface area contributed by atoms with Crippen molar-refractivity contribution in [3.63, 3.8) is 0 Å². The Morgan fingerprint density at radius 2 is 1.94 bits per heavy atom. The van der Waals surface area contributed by atoms with E-state index in [1.807, 2.05) is 0 Å². The lowest BCUT2D eigenvalue weighted by molar-refractivity contribution is -0.114. The lowest BCUT2D eigenvalue weighted by atomic mass is 10.2. The van der Waals surface area contributed by atoms with E-state index >= 15 is 0 Å². The number of nitrogens with one attached hydrogen (secondary N) is 1. The SMILES string of the molecule is N#CC1=C(N)C(=O)N(c2ccccc2)C1=N. The van der Waals surface area contributed by atoms with Crippen LogP contribution in [0.25, 0.3) is 0 Å². The molecule has 3 N–H and O–H groups in total. The number of hydrogen-bond donors (Lipinski definition) is 2. The molecule has 16 heavy (non-hydrogen) atoms. The molecule has 78 valence electrons. The van der Waals surface area contributed by atoms with Crippen LogP contribution in [0.3, 0.4) is 0 Å². The smallest absolute Gasteiger partial charge is 0.281 e. The average Bonchev–Trinajstić information content (AvgIpc) is 2.51. The molecule has 0 saturated heterocycles. The van der Waals surface area contributed by atoms with E-state index < -0.39 is 5.91 Å². The van der Waals surface area contributed by atoms with Crippen LogP contribution in [-0.4, -0.2) is 11.7 Å². The molecule has 0 aliphatic carbocycles. The van der Waals surface area contributed by atoms with Gasteiger partial charge in [-0.25, -0.2) is 0 Å². The number of nitrogens with two attached hydrogens (primary N) is 1. The molecule has 0 saturated carbocycles. The Balaban J connectivity index is 2.48. The maximum Gasteiger partial charge on any atom is 0.281 e. The summed E-state index contributed by atoms with van der Waals surface area (Å²) in [6.07, 6.45) is 0.